The second-order valence-corrected chi connectivity index (χ2v) is 8.03. The number of sulfonamides is 1. The highest BCUT2D eigenvalue weighted by Gasteiger charge is 2.27. The fourth-order valence-corrected chi connectivity index (χ4v) is 4.58. The van der Waals surface area contributed by atoms with Gasteiger partial charge in [-0.2, -0.15) is 0 Å². The van der Waals surface area contributed by atoms with Crippen LogP contribution in [0.5, 0.6) is 0 Å². The Morgan fingerprint density at radius 2 is 1.84 bits per heavy atom. The van der Waals surface area contributed by atoms with Crippen LogP contribution in [0.3, 0.4) is 0 Å². The lowest BCUT2D eigenvalue weighted by atomic mass is 10.1. The molecule has 2 aromatic rings. The average molecular weight is 400 g/mol. The number of nitrogens with one attached hydrogen (secondary N) is 2. The minimum absolute atomic E-state index is 0.0243. The maximum Gasteiger partial charge on any atom is 0.321 e. The number of halogens is 2. The molecule has 1 aliphatic rings. The summed E-state index contributed by atoms with van der Waals surface area (Å²) < 4.78 is 27.9. The molecule has 0 saturated carbocycles. The molecule has 0 spiro atoms. The first-order valence-corrected chi connectivity index (χ1v) is 9.66. The number of rotatable bonds is 3. The van der Waals surface area contributed by atoms with Crippen LogP contribution in [0.2, 0.25) is 10.0 Å². The lowest BCUT2D eigenvalue weighted by Crippen LogP contribution is -2.36. The molecule has 132 valence electrons. The van der Waals surface area contributed by atoms with E-state index in [-0.39, 0.29) is 21.0 Å². The quantitative estimate of drug-likeness (QED) is 0.828. The molecule has 0 unspecified atom stereocenters. The first kappa shape index (κ1) is 17.8. The Kier molecular flexibility index (Phi) is 4.81. The minimum atomic E-state index is -3.86. The minimum Gasteiger partial charge on any atom is -0.341 e. The lowest BCUT2D eigenvalue weighted by Gasteiger charge is -2.17. The zero-order chi connectivity index (χ0) is 18.2. The number of nitrogens with zero attached hydrogens (tertiary/aromatic N) is 1. The van der Waals surface area contributed by atoms with E-state index < -0.39 is 10.0 Å². The smallest absolute Gasteiger partial charge is 0.321 e. The van der Waals surface area contributed by atoms with Gasteiger partial charge in [0.15, 0.2) is 0 Å². The van der Waals surface area contributed by atoms with E-state index in [0.29, 0.717) is 24.3 Å². The highest BCUT2D eigenvalue weighted by molar-refractivity contribution is 7.92. The summed E-state index contributed by atoms with van der Waals surface area (Å²) in [6, 6.07) is 9.03. The Labute approximate surface area is 155 Å². The molecule has 0 aromatic heterocycles. The topological polar surface area (TPSA) is 78.5 Å². The first-order chi connectivity index (χ1) is 11.8. The van der Waals surface area contributed by atoms with Gasteiger partial charge in [0.25, 0.3) is 10.0 Å². The Hall–Kier alpha value is -1.96. The number of fused-ring (bicyclic) bond motifs is 1. The van der Waals surface area contributed by atoms with Gasteiger partial charge in [0, 0.05) is 29.2 Å². The number of carbonyl (C=O) groups is 1. The summed E-state index contributed by atoms with van der Waals surface area (Å²) in [6.07, 6.45) is 0.553. The van der Waals surface area contributed by atoms with E-state index in [0.717, 1.165) is 5.56 Å². The molecule has 3 rings (SSSR count). The van der Waals surface area contributed by atoms with Gasteiger partial charge >= 0.3 is 6.03 Å². The van der Waals surface area contributed by atoms with Crippen LogP contribution in [-0.2, 0) is 16.4 Å². The molecule has 9 heteroatoms. The van der Waals surface area contributed by atoms with Crippen molar-refractivity contribution >= 4 is 50.6 Å². The molecule has 0 atom stereocenters. The number of urea groups is 1. The van der Waals surface area contributed by atoms with E-state index in [4.69, 9.17) is 23.2 Å². The van der Waals surface area contributed by atoms with Gasteiger partial charge in [0.1, 0.15) is 0 Å². The molecule has 2 aromatic carbocycles. The van der Waals surface area contributed by atoms with Crippen molar-refractivity contribution in [1.29, 1.82) is 0 Å². The van der Waals surface area contributed by atoms with Gasteiger partial charge in [0.2, 0.25) is 0 Å². The molecule has 2 amide bonds. The Bertz CT molecular complexity index is 927. The van der Waals surface area contributed by atoms with Crippen LogP contribution in [0.25, 0.3) is 0 Å². The van der Waals surface area contributed by atoms with Gasteiger partial charge in [0.05, 0.1) is 16.3 Å². The molecular weight excluding hydrogens is 385 g/mol. The van der Waals surface area contributed by atoms with E-state index in [1.54, 1.807) is 30.1 Å². The van der Waals surface area contributed by atoms with Crippen LogP contribution in [0.15, 0.2) is 41.3 Å². The predicted octanol–water partition coefficient (Wildman–Crippen LogP) is 3.50. The van der Waals surface area contributed by atoms with Crippen molar-refractivity contribution < 1.29 is 13.2 Å². The summed E-state index contributed by atoms with van der Waals surface area (Å²) in [6.45, 7) is 0.483. The van der Waals surface area contributed by atoms with Gasteiger partial charge in [-0.1, -0.05) is 29.3 Å². The van der Waals surface area contributed by atoms with Crippen molar-refractivity contribution in [3.05, 3.63) is 52.0 Å². The van der Waals surface area contributed by atoms with Crippen molar-refractivity contribution in [3.63, 3.8) is 0 Å². The summed E-state index contributed by atoms with van der Waals surface area (Å²) in [7, 11) is -2.31. The second kappa shape index (κ2) is 6.74. The van der Waals surface area contributed by atoms with Crippen molar-refractivity contribution in [2.75, 3.05) is 23.2 Å². The molecule has 1 aliphatic heterocycles. The third kappa shape index (κ3) is 3.53. The van der Waals surface area contributed by atoms with Crippen molar-refractivity contribution in [2.24, 2.45) is 0 Å². The van der Waals surface area contributed by atoms with Gasteiger partial charge in [-0.25, -0.2) is 13.2 Å². The predicted molar refractivity (Wildman–Crippen MR) is 99.2 cm³/mol. The number of benzene rings is 2. The van der Waals surface area contributed by atoms with Crippen LogP contribution >= 0.6 is 23.2 Å². The summed E-state index contributed by atoms with van der Waals surface area (Å²) in [4.78, 5) is 13.5. The van der Waals surface area contributed by atoms with Crippen LogP contribution in [0, 0.1) is 0 Å². The molecule has 2 N–H and O–H groups in total. The van der Waals surface area contributed by atoms with Crippen LogP contribution in [-0.4, -0.2) is 28.0 Å². The van der Waals surface area contributed by atoms with Gasteiger partial charge < -0.3 is 5.32 Å². The summed E-state index contributed by atoms with van der Waals surface area (Å²) >= 11 is 11.8. The molecule has 0 bridgehead atoms. The van der Waals surface area contributed by atoms with Crippen LogP contribution in [0.4, 0.5) is 16.2 Å². The third-order valence-corrected chi connectivity index (χ3v) is 5.66. The standard InChI is InChI=1S/C16H15Cl2N3O3S/c1-19-16(22)21-6-5-13-14(3-2-4-15(13)21)20-25(23,24)12-8-10(17)7-11(18)9-12/h2-4,7-9,20H,5-6H2,1H3,(H,19,22). The lowest BCUT2D eigenvalue weighted by molar-refractivity contribution is 0.248. The maximum atomic E-state index is 12.7. The van der Waals surface area contributed by atoms with E-state index in [1.165, 1.54) is 18.2 Å². The van der Waals surface area contributed by atoms with E-state index in [2.05, 4.69) is 10.0 Å². The van der Waals surface area contributed by atoms with Gasteiger partial charge in [-0.3, -0.25) is 9.62 Å². The molecule has 0 radical (unpaired) electrons. The number of anilines is 2. The number of hydrogen-bond donors (Lipinski definition) is 2. The van der Waals surface area contributed by atoms with Crippen LogP contribution in [0.1, 0.15) is 5.56 Å². The normalized spacial score (nSPS) is 13.5. The molecule has 0 aliphatic carbocycles. The van der Waals surface area contributed by atoms with E-state index in [1.807, 2.05) is 0 Å². The molecular formula is C16H15Cl2N3O3S. The first-order valence-electron chi connectivity index (χ1n) is 7.42. The van der Waals surface area contributed by atoms with E-state index >= 15 is 0 Å². The summed E-state index contributed by atoms with van der Waals surface area (Å²) in [5.41, 5.74) is 1.88. The second-order valence-electron chi connectivity index (χ2n) is 5.47. The SMILES string of the molecule is CNC(=O)N1CCc2c(NS(=O)(=O)c3cc(Cl)cc(Cl)c3)cccc21. The maximum absolute atomic E-state index is 12.7. The number of hydrogen-bond acceptors (Lipinski definition) is 3. The Morgan fingerprint density at radius 1 is 1.16 bits per heavy atom. The Balaban J connectivity index is 1.97. The zero-order valence-electron chi connectivity index (χ0n) is 13.2. The van der Waals surface area contributed by atoms with Crippen LogP contribution < -0.4 is 14.9 Å². The third-order valence-electron chi connectivity index (χ3n) is 3.88. The largest absolute Gasteiger partial charge is 0.341 e. The molecule has 0 saturated heterocycles. The monoisotopic (exact) mass is 399 g/mol. The zero-order valence-corrected chi connectivity index (χ0v) is 15.5. The van der Waals surface area contributed by atoms with Gasteiger partial charge in [-0.15, -0.1) is 0 Å². The average Bonchev–Trinajstić information content (AvgIpc) is 2.98. The highest BCUT2D eigenvalue weighted by Crippen LogP contribution is 2.35. The summed E-state index contributed by atoms with van der Waals surface area (Å²) in [5, 5.41) is 3.04. The molecule has 1 heterocycles. The molecule has 0 fully saturated rings. The number of carbonyl (C=O) groups excluding carboxylic acids is 1. The van der Waals surface area contributed by atoms with E-state index in [9.17, 15) is 13.2 Å². The fraction of sp³-hybridized carbons (Fsp3) is 0.188. The fourth-order valence-electron chi connectivity index (χ4n) is 2.76. The molecule has 6 nitrogen and oxygen atoms in total. The highest BCUT2D eigenvalue weighted by atomic mass is 35.5. The Morgan fingerprint density at radius 3 is 2.48 bits per heavy atom. The summed E-state index contributed by atoms with van der Waals surface area (Å²) in [5.74, 6) is 0. The van der Waals surface area contributed by atoms with Crippen molar-refractivity contribution in [2.45, 2.75) is 11.3 Å². The number of amides is 2. The van der Waals surface area contributed by atoms with Crippen molar-refractivity contribution in [3.8, 4) is 0 Å². The van der Waals surface area contributed by atoms with Gasteiger partial charge in [-0.05, 0) is 36.8 Å². The molecule has 25 heavy (non-hydrogen) atoms. The van der Waals surface area contributed by atoms with Crippen molar-refractivity contribution in [1.82, 2.24) is 5.32 Å².